The number of aromatic nitrogens is 1. The van der Waals surface area contributed by atoms with Crippen molar-refractivity contribution in [2.75, 3.05) is 12.3 Å². The molecule has 0 aliphatic heterocycles. The summed E-state index contributed by atoms with van der Waals surface area (Å²) in [5.74, 6) is 0.617. The Hall–Kier alpha value is -3.15. The van der Waals surface area contributed by atoms with Gasteiger partial charge in [-0.3, -0.25) is 0 Å². The van der Waals surface area contributed by atoms with Gasteiger partial charge in [0.1, 0.15) is 12.4 Å². The number of ether oxygens (including phenoxy) is 1. The maximum absolute atomic E-state index is 11.1. The van der Waals surface area contributed by atoms with Crippen LogP contribution in [0, 0.1) is 0 Å². The van der Waals surface area contributed by atoms with Crippen molar-refractivity contribution in [2.24, 2.45) is 0 Å². The topological polar surface area (TPSA) is 100 Å². The molecule has 0 fully saturated rings. The van der Waals surface area contributed by atoms with Crippen LogP contribution in [-0.4, -0.2) is 28.8 Å². The molecule has 6 nitrogen and oxygen atoms in total. The molecular weight excluding hydrogens is 306 g/mol. The Kier molecular flexibility index (Phi) is 4.56. The van der Waals surface area contributed by atoms with E-state index in [0.29, 0.717) is 17.9 Å². The van der Waals surface area contributed by atoms with Crippen LogP contribution in [0.15, 0.2) is 54.7 Å². The molecule has 0 bridgehead atoms. The van der Waals surface area contributed by atoms with Crippen molar-refractivity contribution in [3.63, 3.8) is 0 Å². The van der Waals surface area contributed by atoms with Crippen LogP contribution < -0.4 is 15.8 Å². The lowest BCUT2D eigenvalue weighted by atomic mass is 10.1. The van der Waals surface area contributed by atoms with Crippen LogP contribution in [0.25, 0.3) is 10.9 Å². The van der Waals surface area contributed by atoms with Crippen molar-refractivity contribution >= 4 is 22.7 Å². The van der Waals surface area contributed by atoms with Crippen LogP contribution in [0.1, 0.15) is 5.56 Å². The Labute approximate surface area is 139 Å². The highest BCUT2D eigenvalue weighted by atomic mass is 16.5. The third-order valence-electron chi connectivity index (χ3n) is 3.78. The molecule has 0 aliphatic rings. The molecule has 1 heterocycles. The van der Waals surface area contributed by atoms with Gasteiger partial charge in [-0.1, -0.05) is 24.3 Å². The van der Waals surface area contributed by atoms with Crippen molar-refractivity contribution in [1.82, 2.24) is 10.3 Å². The number of hydrogen-bond donors (Lipinski definition) is 4. The second-order valence-corrected chi connectivity index (χ2v) is 5.59. The first-order valence-electron chi connectivity index (χ1n) is 7.64. The number of nitrogens with one attached hydrogen (secondary N) is 2. The molecule has 24 heavy (non-hydrogen) atoms. The zero-order chi connectivity index (χ0) is 16.9. The molecule has 0 saturated heterocycles. The lowest BCUT2D eigenvalue weighted by molar-refractivity contribution is 0.181. The van der Waals surface area contributed by atoms with Crippen LogP contribution in [0.2, 0.25) is 0 Å². The van der Waals surface area contributed by atoms with Gasteiger partial charge in [0.2, 0.25) is 0 Å². The molecule has 6 heteroatoms. The fourth-order valence-corrected chi connectivity index (χ4v) is 2.69. The first-order chi connectivity index (χ1) is 11.6. The second kappa shape index (κ2) is 6.95. The largest absolute Gasteiger partial charge is 0.491 e. The van der Waals surface area contributed by atoms with E-state index in [2.05, 4.69) is 10.3 Å². The SMILES string of the molecule is Nc1cccc(OC[C@H](Cc2c[nH]c3ccccc23)NC(=O)O)c1. The molecule has 3 rings (SSSR count). The highest BCUT2D eigenvalue weighted by Gasteiger charge is 2.16. The predicted molar refractivity (Wildman–Crippen MR) is 93.3 cm³/mol. The van der Waals surface area contributed by atoms with Crippen LogP contribution in [0.4, 0.5) is 10.5 Å². The van der Waals surface area contributed by atoms with Crippen molar-refractivity contribution in [1.29, 1.82) is 0 Å². The summed E-state index contributed by atoms with van der Waals surface area (Å²) in [7, 11) is 0. The minimum Gasteiger partial charge on any atom is -0.491 e. The second-order valence-electron chi connectivity index (χ2n) is 5.59. The number of anilines is 1. The standard InChI is InChI=1S/C18H19N3O3/c19-13-4-3-5-15(9-13)24-11-14(21-18(22)23)8-12-10-20-17-7-2-1-6-16(12)17/h1-7,9-10,14,20-21H,8,11,19H2,(H,22,23)/t14-/m0/s1. The summed E-state index contributed by atoms with van der Waals surface area (Å²) in [6.45, 7) is 0.218. The van der Waals surface area contributed by atoms with E-state index in [9.17, 15) is 4.79 Å². The summed E-state index contributed by atoms with van der Waals surface area (Å²) in [6.07, 6.45) is 1.36. The summed E-state index contributed by atoms with van der Waals surface area (Å²) in [5.41, 5.74) is 8.40. The number of hydrogen-bond acceptors (Lipinski definition) is 3. The molecule has 0 spiro atoms. The fourth-order valence-electron chi connectivity index (χ4n) is 2.69. The third kappa shape index (κ3) is 3.78. The van der Waals surface area contributed by atoms with E-state index in [1.54, 1.807) is 24.3 Å². The number of carbonyl (C=O) groups is 1. The molecule has 5 N–H and O–H groups in total. The van der Waals surface area contributed by atoms with Crippen LogP contribution >= 0.6 is 0 Å². The summed E-state index contributed by atoms with van der Waals surface area (Å²) in [5, 5.41) is 12.7. The van der Waals surface area contributed by atoms with Gasteiger partial charge in [-0.15, -0.1) is 0 Å². The minimum atomic E-state index is -1.07. The molecule has 124 valence electrons. The van der Waals surface area contributed by atoms with Gasteiger partial charge in [0.05, 0.1) is 6.04 Å². The lowest BCUT2D eigenvalue weighted by Crippen LogP contribution is -2.39. The average Bonchev–Trinajstić information content (AvgIpc) is 2.95. The van der Waals surface area contributed by atoms with Gasteiger partial charge in [-0.25, -0.2) is 4.79 Å². The number of H-pyrrole nitrogens is 1. The number of rotatable bonds is 6. The van der Waals surface area contributed by atoms with Gasteiger partial charge in [-0.05, 0) is 30.2 Å². The summed E-state index contributed by atoms with van der Waals surface area (Å²) >= 11 is 0. The number of amides is 1. The Morgan fingerprint density at radius 1 is 1.25 bits per heavy atom. The Balaban J connectivity index is 1.73. The maximum Gasteiger partial charge on any atom is 0.405 e. The molecular formula is C18H19N3O3. The highest BCUT2D eigenvalue weighted by molar-refractivity contribution is 5.83. The summed E-state index contributed by atoms with van der Waals surface area (Å²) in [6, 6.07) is 14.6. The van der Waals surface area contributed by atoms with Gasteiger partial charge in [0, 0.05) is 28.9 Å². The monoisotopic (exact) mass is 325 g/mol. The number of benzene rings is 2. The number of carboxylic acid groups (broad SMARTS) is 1. The van der Waals surface area contributed by atoms with E-state index in [-0.39, 0.29) is 12.6 Å². The maximum atomic E-state index is 11.1. The normalized spacial score (nSPS) is 12.0. The van der Waals surface area contributed by atoms with Crippen molar-refractivity contribution in [2.45, 2.75) is 12.5 Å². The van der Waals surface area contributed by atoms with Crippen LogP contribution in [0.5, 0.6) is 5.75 Å². The van der Waals surface area contributed by atoms with E-state index >= 15 is 0 Å². The highest BCUT2D eigenvalue weighted by Crippen LogP contribution is 2.20. The van der Waals surface area contributed by atoms with Crippen LogP contribution in [0.3, 0.4) is 0 Å². The zero-order valence-corrected chi connectivity index (χ0v) is 13.0. The number of nitrogen functional groups attached to an aromatic ring is 1. The van der Waals surface area contributed by atoms with Gasteiger partial charge in [-0.2, -0.15) is 0 Å². The number of fused-ring (bicyclic) bond motifs is 1. The Morgan fingerprint density at radius 3 is 2.88 bits per heavy atom. The van der Waals surface area contributed by atoms with E-state index in [1.165, 1.54) is 0 Å². The number of para-hydroxylation sites is 1. The molecule has 3 aromatic rings. The Morgan fingerprint density at radius 2 is 2.08 bits per heavy atom. The van der Waals surface area contributed by atoms with Crippen molar-refractivity contribution in [3.8, 4) is 5.75 Å². The van der Waals surface area contributed by atoms with Crippen LogP contribution in [-0.2, 0) is 6.42 Å². The average molecular weight is 325 g/mol. The number of aromatic amines is 1. The summed E-state index contributed by atoms with van der Waals surface area (Å²) in [4.78, 5) is 14.3. The van der Waals surface area contributed by atoms with E-state index in [1.807, 2.05) is 30.5 Å². The molecule has 1 aromatic heterocycles. The smallest absolute Gasteiger partial charge is 0.405 e. The lowest BCUT2D eigenvalue weighted by Gasteiger charge is -2.17. The van der Waals surface area contributed by atoms with Gasteiger partial charge >= 0.3 is 6.09 Å². The third-order valence-corrected chi connectivity index (χ3v) is 3.78. The number of nitrogens with two attached hydrogens (primary N) is 1. The van der Waals surface area contributed by atoms with Gasteiger partial charge < -0.3 is 25.9 Å². The fraction of sp³-hybridized carbons (Fsp3) is 0.167. The van der Waals surface area contributed by atoms with Crippen molar-refractivity contribution < 1.29 is 14.6 Å². The molecule has 0 unspecified atom stereocenters. The minimum absolute atomic E-state index is 0.218. The summed E-state index contributed by atoms with van der Waals surface area (Å²) < 4.78 is 5.69. The van der Waals surface area contributed by atoms with Gasteiger partial charge in [0.25, 0.3) is 0 Å². The quantitative estimate of drug-likeness (QED) is 0.523. The molecule has 0 radical (unpaired) electrons. The molecule has 2 aromatic carbocycles. The first kappa shape index (κ1) is 15.7. The molecule has 0 aliphatic carbocycles. The van der Waals surface area contributed by atoms with E-state index < -0.39 is 6.09 Å². The predicted octanol–water partition coefficient (Wildman–Crippen LogP) is 3.01. The van der Waals surface area contributed by atoms with Gasteiger partial charge in [0.15, 0.2) is 0 Å². The molecule has 1 atom stereocenters. The van der Waals surface area contributed by atoms with E-state index in [0.717, 1.165) is 16.5 Å². The molecule has 1 amide bonds. The van der Waals surface area contributed by atoms with Crippen molar-refractivity contribution in [3.05, 3.63) is 60.3 Å². The molecule has 0 saturated carbocycles. The Bertz CT molecular complexity index is 844. The van der Waals surface area contributed by atoms with E-state index in [4.69, 9.17) is 15.6 Å². The zero-order valence-electron chi connectivity index (χ0n) is 13.0. The first-order valence-corrected chi connectivity index (χ1v) is 7.64.